The van der Waals surface area contributed by atoms with Gasteiger partial charge in [-0.05, 0) is 30.3 Å². The first-order valence-corrected chi connectivity index (χ1v) is 10.1. The molecular formula is C20H22Cl2N4O3. The zero-order chi connectivity index (χ0) is 20.6. The van der Waals surface area contributed by atoms with Gasteiger partial charge in [0.25, 0.3) is 5.91 Å². The maximum atomic E-state index is 12.4. The van der Waals surface area contributed by atoms with Gasteiger partial charge in [0.15, 0.2) is 6.61 Å². The number of hydrogen-bond donors (Lipinski definition) is 1. The Morgan fingerprint density at radius 2 is 1.90 bits per heavy atom. The van der Waals surface area contributed by atoms with Crippen molar-refractivity contribution in [2.75, 3.05) is 44.2 Å². The molecule has 2 aromatic rings. The molecule has 9 heteroatoms. The molecule has 29 heavy (non-hydrogen) atoms. The summed E-state index contributed by atoms with van der Waals surface area (Å²) < 4.78 is 5.37. The number of amides is 2. The zero-order valence-corrected chi connectivity index (χ0v) is 17.3. The molecule has 0 saturated carbocycles. The summed E-state index contributed by atoms with van der Waals surface area (Å²) in [7, 11) is 0. The molecule has 3 rings (SSSR count). The molecule has 0 radical (unpaired) electrons. The van der Waals surface area contributed by atoms with Gasteiger partial charge in [-0.25, -0.2) is 4.98 Å². The predicted molar refractivity (Wildman–Crippen MR) is 113 cm³/mol. The van der Waals surface area contributed by atoms with Gasteiger partial charge in [0.2, 0.25) is 5.91 Å². The number of rotatable bonds is 7. The van der Waals surface area contributed by atoms with Crippen LogP contribution in [-0.4, -0.2) is 61.0 Å². The van der Waals surface area contributed by atoms with Crippen molar-refractivity contribution in [1.29, 1.82) is 0 Å². The number of carbonyl (C=O) groups excluding carboxylic acids is 2. The van der Waals surface area contributed by atoms with E-state index >= 15 is 0 Å². The lowest BCUT2D eigenvalue weighted by Gasteiger charge is -2.35. The van der Waals surface area contributed by atoms with E-state index in [2.05, 4.69) is 15.2 Å². The van der Waals surface area contributed by atoms with Gasteiger partial charge in [-0.2, -0.15) is 0 Å². The molecular weight excluding hydrogens is 415 g/mol. The predicted octanol–water partition coefficient (Wildman–Crippen LogP) is 2.62. The Morgan fingerprint density at radius 3 is 2.59 bits per heavy atom. The molecule has 1 N–H and O–H groups in total. The highest BCUT2D eigenvalue weighted by Gasteiger charge is 2.21. The summed E-state index contributed by atoms with van der Waals surface area (Å²) in [4.78, 5) is 32.6. The van der Waals surface area contributed by atoms with E-state index in [0.29, 0.717) is 28.9 Å². The molecule has 1 fully saturated rings. The number of carbonyl (C=O) groups is 2. The van der Waals surface area contributed by atoms with Crippen molar-refractivity contribution in [3.8, 4) is 5.75 Å². The highest BCUT2D eigenvalue weighted by Crippen LogP contribution is 2.27. The topological polar surface area (TPSA) is 74.8 Å². The van der Waals surface area contributed by atoms with E-state index in [1.165, 1.54) is 0 Å². The van der Waals surface area contributed by atoms with Gasteiger partial charge in [-0.1, -0.05) is 29.3 Å². The fourth-order valence-electron chi connectivity index (χ4n) is 2.98. The smallest absolute Gasteiger partial charge is 0.257 e. The van der Waals surface area contributed by atoms with Crippen LogP contribution in [0.1, 0.15) is 6.42 Å². The molecule has 0 aliphatic carbocycles. The molecule has 0 spiro atoms. The van der Waals surface area contributed by atoms with E-state index < -0.39 is 0 Å². The lowest BCUT2D eigenvalue weighted by molar-refractivity contribution is -0.131. The van der Waals surface area contributed by atoms with Crippen molar-refractivity contribution in [2.24, 2.45) is 0 Å². The Hall–Kier alpha value is -2.51. The van der Waals surface area contributed by atoms with Gasteiger partial charge < -0.3 is 19.9 Å². The van der Waals surface area contributed by atoms with Crippen molar-refractivity contribution in [1.82, 2.24) is 15.2 Å². The number of nitrogens with one attached hydrogen (secondary N) is 1. The van der Waals surface area contributed by atoms with E-state index in [9.17, 15) is 9.59 Å². The molecule has 0 bridgehead atoms. The van der Waals surface area contributed by atoms with Crippen LogP contribution in [0.25, 0.3) is 0 Å². The standard InChI is InChI=1S/C20H22Cl2N4O3/c21-15-4-5-17(16(22)13-15)29-14-19(27)24-8-6-20(28)26-11-9-25(10-12-26)18-3-1-2-7-23-18/h1-5,7,13H,6,8-12,14H2,(H,24,27). The van der Waals surface area contributed by atoms with Crippen molar-refractivity contribution in [3.05, 3.63) is 52.6 Å². The van der Waals surface area contributed by atoms with Crippen LogP contribution in [0.2, 0.25) is 10.0 Å². The second-order valence-corrected chi connectivity index (χ2v) is 7.36. The Balaban J connectivity index is 1.34. The number of piperazine rings is 1. The largest absolute Gasteiger partial charge is 0.482 e. The quantitative estimate of drug-likeness (QED) is 0.721. The Kier molecular flexibility index (Phi) is 7.55. The zero-order valence-electron chi connectivity index (χ0n) is 15.8. The molecule has 2 heterocycles. The lowest BCUT2D eigenvalue weighted by Crippen LogP contribution is -2.49. The molecule has 154 valence electrons. The van der Waals surface area contributed by atoms with E-state index in [1.807, 2.05) is 23.1 Å². The number of anilines is 1. The number of halogens is 2. The van der Waals surface area contributed by atoms with Gasteiger partial charge in [-0.15, -0.1) is 0 Å². The molecule has 1 saturated heterocycles. The number of nitrogens with zero attached hydrogens (tertiary/aromatic N) is 3. The first-order chi connectivity index (χ1) is 14.0. The van der Waals surface area contributed by atoms with Crippen LogP contribution in [0.15, 0.2) is 42.6 Å². The van der Waals surface area contributed by atoms with E-state index in [0.717, 1.165) is 18.9 Å². The van der Waals surface area contributed by atoms with Gasteiger partial charge in [0.05, 0.1) is 5.02 Å². The molecule has 7 nitrogen and oxygen atoms in total. The fraction of sp³-hybridized carbons (Fsp3) is 0.350. The van der Waals surface area contributed by atoms with Crippen LogP contribution >= 0.6 is 23.2 Å². The van der Waals surface area contributed by atoms with Crippen LogP contribution in [0.3, 0.4) is 0 Å². The van der Waals surface area contributed by atoms with Gasteiger partial charge >= 0.3 is 0 Å². The first kappa shape index (κ1) is 21.2. The minimum absolute atomic E-state index is 0.0210. The average molecular weight is 437 g/mol. The second-order valence-electron chi connectivity index (χ2n) is 6.52. The number of ether oxygens (including phenoxy) is 1. The van der Waals surface area contributed by atoms with E-state index in [-0.39, 0.29) is 31.4 Å². The SMILES string of the molecule is O=C(COc1ccc(Cl)cc1Cl)NCCC(=O)N1CCN(c2ccccn2)CC1. The second kappa shape index (κ2) is 10.3. The van der Waals surface area contributed by atoms with Crippen molar-refractivity contribution < 1.29 is 14.3 Å². The van der Waals surface area contributed by atoms with Gasteiger partial charge in [0, 0.05) is 50.4 Å². The molecule has 1 aliphatic heterocycles. The van der Waals surface area contributed by atoms with Crippen molar-refractivity contribution in [3.63, 3.8) is 0 Å². The van der Waals surface area contributed by atoms with E-state index in [4.69, 9.17) is 27.9 Å². The van der Waals surface area contributed by atoms with Gasteiger partial charge in [-0.3, -0.25) is 9.59 Å². The van der Waals surface area contributed by atoms with Crippen molar-refractivity contribution in [2.45, 2.75) is 6.42 Å². The summed E-state index contributed by atoms with van der Waals surface area (Å²) in [5, 5.41) is 3.52. The molecule has 0 atom stereocenters. The summed E-state index contributed by atoms with van der Waals surface area (Å²) in [5.41, 5.74) is 0. The highest BCUT2D eigenvalue weighted by atomic mass is 35.5. The van der Waals surface area contributed by atoms with Crippen LogP contribution in [-0.2, 0) is 9.59 Å². The Labute approximate surface area is 179 Å². The molecule has 1 aliphatic rings. The highest BCUT2D eigenvalue weighted by molar-refractivity contribution is 6.35. The van der Waals surface area contributed by atoms with E-state index in [1.54, 1.807) is 24.4 Å². The minimum Gasteiger partial charge on any atom is -0.482 e. The maximum Gasteiger partial charge on any atom is 0.257 e. The summed E-state index contributed by atoms with van der Waals surface area (Å²) >= 11 is 11.8. The lowest BCUT2D eigenvalue weighted by atomic mass is 10.2. The third-order valence-corrected chi connectivity index (χ3v) is 5.05. The van der Waals surface area contributed by atoms with Crippen LogP contribution in [0, 0.1) is 0 Å². The normalized spacial score (nSPS) is 13.9. The molecule has 2 amide bonds. The van der Waals surface area contributed by atoms with Gasteiger partial charge in [0.1, 0.15) is 11.6 Å². The number of hydrogen-bond acceptors (Lipinski definition) is 5. The van der Waals surface area contributed by atoms with Crippen molar-refractivity contribution >= 4 is 40.8 Å². The third kappa shape index (κ3) is 6.24. The number of benzene rings is 1. The fourth-order valence-corrected chi connectivity index (χ4v) is 3.44. The summed E-state index contributed by atoms with van der Waals surface area (Å²) in [6, 6.07) is 10.6. The third-order valence-electron chi connectivity index (χ3n) is 4.52. The van der Waals surface area contributed by atoms with Crippen LogP contribution < -0.4 is 15.0 Å². The number of aromatic nitrogens is 1. The summed E-state index contributed by atoms with van der Waals surface area (Å²) in [6.07, 6.45) is 2.01. The first-order valence-electron chi connectivity index (χ1n) is 9.31. The molecule has 1 aromatic carbocycles. The Morgan fingerprint density at radius 1 is 1.10 bits per heavy atom. The minimum atomic E-state index is -0.316. The monoisotopic (exact) mass is 436 g/mol. The summed E-state index contributed by atoms with van der Waals surface area (Å²) in [6.45, 7) is 2.84. The van der Waals surface area contributed by atoms with Crippen LogP contribution in [0.4, 0.5) is 5.82 Å². The van der Waals surface area contributed by atoms with Crippen LogP contribution in [0.5, 0.6) is 5.75 Å². The summed E-state index contributed by atoms with van der Waals surface area (Å²) in [5.74, 6) is 1.01. The average Bonchev–Trinajstić information content (AvgIpc) is 2.74. The number of pyridine rings is 1. The molecule has 1 aromatic heterocycles. The molecule has 0 unspecified atom stereocenters. The Bertz CT molecular complexity index is 843. The maximum absolute atomic E-state index is 12.4.